The Morgan fingerprint density at radius 1 is 0.963 bits per heavy atom. The largest absolute Gasteiger partial charge is 0.311 e. The van der Waals surface area contributed by atoms with Crippen molar-refractivity contribution in [1.82, 2.24) is 4.72 Å². The van der Waals surface area contributed by atoms with Crippen LogP contribution in [0.15, 0.2) is 47.4 Å². The molecule has 6 nitrogen and oxygen atoms in total. The average molecular weight is 388 g/mol. The highest BCUT2D eigenvalue weighted by Crippen LogP contribution is 2.17. The summed E-state index contributed by atoms with van der Waals surface area (Å²) in [5.74, 6) is -0.270. The van der Waals surface area contributed by atoms with Crippen molar-refractivity contribution < 1.29 is 18.0 Å². The first-order chi connectivity index (χ1) is 12.6. The summed E-state index contributed by atoms with van der Waals surface area (Å²) in [6.45, 7) is 6.91. The fourth-order valence-electron chi connectivity index (χ4n) is 2.60. The smallest absolute Gasteiger partial charge is 0.240 e. The second-order valence-electron chi connectivity index (χ2n) is 6.42. The Bertz CT molecular complexity index is 950. The molecule has 0 spiro atoms. The quantitative estimate of drug-likeness (QED) is 0.739. The van der Waals surface area contributed by atoms with E-state index in [-0.39, 0.29) is 29.7 Å². The van der Waals surface area contributed by atoms with Crippen LogP contribution in [0.3, 0.4) is 0 Å². The minimum Gasteiger partial charge on any atom is -0.311 e. The van der Waals surface area contributed by atoms with Crippen LogP contribution in [0, 0.1) is 13.8 Å². The molecule has 0 heterocycles. The Kier molecular flexibility index (Phi) is 6.51. The molecule has 0 unspecified atom stereocenters. The molecular weight excluding hydrogens is 364 g/mol. The lowest BCUT2D eigenvalue weighted by Crippen LogP contribution is -2.37. The van der Waals surface area contributed by atoms with E-state index in [0.29, 0.717) is 11.3 Å². The van der Waals surface area contributed by atoms with Crippen LogP contribution in [0.2, 0.25) is 0 Å². The molecular formula is C20H24N2O4S. The van der Waals surface area contributed by atoms with Gasteiger partial charge in [-0.25, -0.2) is 13.1 Å². The molecule has 0 radical (unpaired) electrons. The van der Waals surface area contributed by atoms with Crippen molar-refractivity contribution in [2.75, 3.05) is 18.0 Å². The predicted molar refractivity (Wildman–Crippen MR) is 106 cm³/mol. The number of hydrogen-bond donors (Lipinski definition) is 1. The topological polar surface area (TPSA) is 83.6 Å². The summed E-state index contributed by atoms with van der Waals surface area (Å²) in [6.07, 6.45) is 0. The van der Waals surface area contributed by atoms with Gasteiger partial charge in [0.25, 0.3) is 0 Å². The van der Waals surface area contributed by atoms with E-state index >= 15 is 0 Å². The zero-order valence-corrected chi connectivity index (χ0v) is 16.8. The Labute approximate surface area is 160 Å². The fourth-order valence-corrected chi connectivity index (χ4v) is 3.71. The zero-order valence-electron chi connectivity index (χ0n) is 15.9. The lowest BCUT2D eigenvalue weighted by atomic mass is 10.1. The molecule has 144 valence electrons. The molecule has 0 aromatic heterocycles. The van der Waals surface area contributed by atoms with Crippen LogP contribution in [0.1, 0.15) is 35.3 Å². The van der Waals surface area contributed by atoms with Gasteiger partial charge in [0.15, 0.2) is 5.78 Å². The van der Waals surface area contributed by atoms with Gasteiger partial charge in [0.05, 0.1) is 4.90 Å². The molecule has 1 N–H and O–H groups in total. The van der Waals surface area contributed by atoms with Gasteiger partial charge in [-0.1, -0.05) is 6.07 Å². The van der Waals surface area contributed by atoms with Crippen LogP contribution < -0.4 is 9.62 Å². The van der Waals surface area contributed by atoms with Crippen molar-refractivity contribution >= 4 is 27.4 Å². The molecule has 0 saturated carbocycles. The Morgan fingerprint density at radius 2 is 1.59 bits per heavy atom. The molecule has 2 aromatic carbocycles. The molecule has 2 rings (SSSR count). The molecule has 0 fully saturated rings. The van der Waals surface area contributed by atoms with Gasteiger partial charge < -0.3 is 4.90 Å². The first-order valence-corrected chi connectivity index (χ1v) is 10.1. The maximum atomic E-state index is 12.5. The van der Waals surface area contributed by atoms with E-state index in [1.165, 1.54) is 18.7 Å². The van der Waals surface area contributed by atoms with Crippen molar-refractivity contribution in [1.29, 1.82) is 0 Å². The summed E-state index contributed by atoms with van der Waals surface area (Å²) in [5, 5.41) is 0. The van der Waals surface area contributed by atoms with Crippen molar-refractivity contribution in [3.63, 3.8) is 0 Å². The SMILES string of the molecule is CC(=O)c1ccc(N(CCNS(=O)(=O)c2ccc(C)c(C)c2)C(C)=O)cc1. The van der Waals surface area contributed by atoms with E-state index in [2.05, 4.69) is 4.72 Å². The van der Waals surface area contributed by atoms with Crippen LogP contribution in [-0.2, 0) is 14.8 Å². The van der Waals surface area contributed by atoms with Gasteiger partial charge in [0.1, 0.15) is 0 Å². The number of carbonyl (C=O) groups is 2. The number of nitrogens with zero attached hydrogens (tertiary/aromatic N) is 1. The summed E-state index contributed by atoms with van der Waals surface area (Å²) >= 11 is 0. The highest BCUT2D eigenvalue weighted by Gasteiger charge is 2.17. The highest BCUT2D eigenvalue weighted by molar-refractivity contribution is 7.89. The van der Waals surface area contributed by atoms with Crippen LogP contribution in [0.5, 0.6) is 0 Å². The number of ketones is 1. The number of amides is 1. The Balaban J connectivity index is 2.08. The number of nitrogens with one attached hydrogen (secondary N) is 1. The minimum atomic E-state index is -3.65. The van der Waals surface area contributed by atoms with E-state index in [0.717, 1.165) is 11.1 Å². The van der Waals surface area contributed by atoms with Crippen LogP contribution in [0.25, 0.3) is 0 Å². The number of carbonyl (C=O) groups excluding carboxylic acids is 2. The third-order valence-electron chi connectivity index (χ3n) is 4.38. The summed E-state index contributed by atoms with van der Waals surface area (Å²) in [6, 6.07) is 11.6. The molecule has 0 aliphatic heterocycles. The van der Waals surface area contributed by atoms with Gasteiger partial charge >= 0.3 is 0 Å². The third kappa shape index (κ3) is 5.24. The van der Waals surface area contributed by atoms with Gasteiger partial charge in [-0.05, 0) is 68.3 Å². The van der Waals surface area contributed by atoms with Gasteiger partial charge in [-0.15, -0.1) is 0 Å². The summed E-state index contributed by atoms with van der Waals surface area (Å²) in [5.41, 5.74) is 3.08. The monoisotopic (exact) mass is 388 g/mol. The number of hydrogen-bond acceptors (Lipinski definition) is 4. The Hall–Kier alpha value is -2.51. The van der Waals surface area contributed by atoms with Gasteiger partial charge in [-0.2, -0.15) is 0 Å². The van der Waals surface area contributed by atoms with Crippen molar-refractivity contribution in [2.45, 2.75) is 32.6 Å². The van der Waals surface area contributed by atoms with Crippen molar-refractivity contribution in [2.24, 2.45) is 0 Å². The second-order valence-corrected chi connectivity index (χ2v) is 8.18. The number of benzene rings is 2. The van der Waals surface area contributed by atoms with E-state index in [1.807, 2.05) is 13.8 Å². The minimum absolute atomic E-state index is 0.0583. The second kappa shape index (κ2) is 8.45. The number of anilines is 1. The fraction of sp³-hybridized carbons (Fsp3) is 0.300. The van der Waals surface area contributed by atoms with Crippen LogP contribution in [-0.4, -0.2) is 33.2 Å². The summed E-state index contributed by atoms with van der Waals surface area (Å²) in [4.78, 5) is 25.0. The first kappa shape index (κ1) is 20.8. The van der Waals surface area contributed by atoms with E-state index < -0.39 is 10.0 Å². The summed E-state index contributed by atoms with van der Waals surface area (Å²) in [7, 11) is -3.65. The molecule has 0 saturated heterocycles. The molecule has 1 amide bonds. The number of aryl methyl sites for hydroxylation is 2. The number of Topliss-reactive ketones (excluding diaryl/α,β-unsaturated/α-hetero) is 1. The normalized spacial score (nSPS) is 11.3. The molecule has 0 aliphatic carbocycles. The van der Waals surface area contributed by atoms with Crippen LogP contribution >= 0.6 is 0 Å². The molecule has 0 aliphatic rings. The van der Waals surface area contributed by atoms with Gasteiger partial charge in [0, 0.05) is 31.3 Å². The predicted octanol–water partition coefficient (Wildman–Crippen LogP) is 2.84. The van der Waals surface area contributed by atoms with E-state index in [4.69, 9.17) is 0 Å². The number of rotatable bonds is 7. The molecule has 0 bridgehead atoms. The molecule has 27 heavy (non-hydrogen) atoms. The summed E-state index contributed by atoms with van der Waals surface area (Å²) < 4.78 is 27.4. The number of sulfonamides is 1. The highest BCUT2D eigenvalue weighted by atomic mass is 32.2. The Morgan fingerprint density at radius 3 is 2.11 bits per heavy atom. The molecule has 2 aromatic rings. The van der Waals surface area contributed by atoms with Crippen LogP contribution in [0.4, 0.5) is 5.69 Å². The lowest BCUT2D eigenvalue weighted by molar-refractivity contribution is -0.116. The van der Waals surface area contributed by atoms with E-state index in [1.54, 1.807) is 42.5 Å². The average Bonchev–Trinajstić information content (AvgIpc) is 2.60. The first-order valence-electron chi connectivity index (χ1n) is 8.58. The van der Waals surface area contributed by atoms with E-state index in [9.17, 15) is 18.0 Å². The van der Waals surface area contributed by atoms with Crippen molar-refractivity contribution in [3.8, 4) is 0 Å². The standard InChI is InChI=1S/C20H24N2O4S/c1-14-5-10-20(13-15(14)2)27(25,26)21-11-12-22(17(4)24)19-8-6-18(7-9-19)16(3)23/h5-10,13,21H,11-12H2,1-4H3. The maximum absolute atomic E-state index is 12.5. The van der Waals surface area contributed by atoms with Crippen molar-refractivity contribution in [3.05, 3.63) is 59.2 Å². The van der Waals surface area contributed by atoms with Gasteiger partial charge in [-0.3, -0.25) is 9.59 Å². The lowest BCUT2D eigenvalue weighted by Gasteiger charge is -2.21. The third-order valence-corrected chi connectivity index (χ3v) is 5.84. The van der Waals surface area contributed by atoms with Gasteiger partial charge in [0.2, 0.25) is 15.9 Å². The maximum Gasteiger partial charge on any atom is 0.240 e. The molecule has 7 heteroatoms. The zero-order chi connectivity index (χ0) is 20.2. The molecule has 0 atom stereocenters.